The van der Waals surface area contributed by atoms with Gasteiger partial charge in [0, 0.05) is 12.1 Å². The minimum Gasteiger partial charge on any atom is -0.481 e. The molecule has 1 aromatic rings. The summed E-state index contributed by atoms with van der Waals surface area (Å²) in [7, 11) is 0. The SMILES string of the molecule is CC1(C)CN(C(=O)c2cccc(CC(=O)O)c2)C[C@]2(C[C@@H]3CC[C@H]2C3)O1. The Morgan fingerprint density at radius 1 is 1.27 bits per heavy atom. The average Bonchev–Trinajstić information content (AvgIpc) is 3.12. The van der Waals surface area contributed by atoms with Crippen molar-refractivity contribution < 1.29 is 19.4 Å². The number of rotatable bonds is 3. The summed E-state index contributed by atoms with van der Waals surface area (Å²) in [4.78, 5) is 26.1. The average molecular weight is 357 g/mol. The molecule has 140 valence electrons. The number of fused-ring (bicyclic) bond motifs is 3. The number of carboxylic acids is 1. The summed E-state index contributed by atoms with van der Waals surface area (Å²) in [6.45, 7) is 5.36. The topological polar surface area (TPSA) is 66.8 Å². The minimum atomic E-state index is -0.886. The number of carboxylic acid groups (broad SMARTS) is 1. The van der Waals surface area contributed by atoms with Crippen molar-refractivity contribution in [3.05, 3.63) is 35.4 Å². The molecule has 1 amide bonds. The van der Waals surface area contributed by atoms with E-state index in [1.54, 1.807) is 24.3 Å². The predicted molar refractivity (Wildman–Crippen MR) is 97.0 cm³/mol. The maximum atomic E-state index is 13.2. The van der Waals surface area contributed by atoms with Crippen molar-refractivity contribution in [3.8, 4) is 0 Å². The van der Waals surface area contributed by atoms with Crippen LogP contribution in [0.5, 0.6) is 0 Å². The molecule has 2 bridgehead atoms. The molecule has 0 aromatic heterocycles. The number of ether oxygens (including phenoxy) is 1. The standard InChI is InChI=1S/C21H27NO4/c1-20(2)12-22(13-21(26-20)11-15-6-7-17(21)9-15)19(25)16-5-3-4-14(8-16)10-18(23)24/h3-5,8,15,17H,6-7,9-13H2,1-2H3,(H,23,24)/t15-,17+,21+/m1/s1. The van der Waals surface area contributed by atoms with Crippen molar-refractivity contribution in [1.29, 1.82) is 0 Å². The van der Waals surface area contributed by atoms with Crippen LogP contribution >= 0.6 is 0 Å². The molecule has 0 radical (unpaired) electrons. The van der Waals surface area contributed by atoms with Crippen LogP contribution in [0.3, 0.4) is 0 Å². The summed E-state index contributed by atoms with van der Waals surface area (Å²) in [6.07, 6.45) is 4.72. The molecule has 3 aliphatic rings. The van der Waals surface area contributed by atoms with Crippen LogP contribution in [0, 0.1) is 11.8 Å². The molecular weight excluding hydrogens is 330 g/mol. The van der Waals surface area contributed by atoms with E-state index in [0.29, 0.717) is 30.1 Å². The molecule has 5 nitrogen and oxygen atoms in total. The Morgan fingerprint density at radius 2 is 2.08 bits per heavy atom. The van der Waals surface area contributed by atoms with Crippen LogP contribution in [0.2, 0.25) is 0 Å². The third kappa shape index (κ3) is 3.13. The van der Waals surface area contributed by atoms with Gasteiger partial charge in [-0.2, -0.15) is 0 Å². The highest BCUT2D eigenvalue weighted by atomic mass is 16.5. The van der Waals surface area contributed by atoms with Gasteiger partial charge < -0.3 is 14.7 Å². The monoisotopic (exact) mass is 357 g/mol. The van der Waals surface area contributed by atoms with E-state index in [2.05, 4.69) is 13.8 Å². The number of morpholine rings is 1. The first-order valence-corrected chi connectivity index (χ1v) is 9.57. The molecule has 1 aromatic carbocycles. The lowest BCUT2D eigenvalue weighted by molar-refractivity contribution is -0.208. The lowest BCUT2D eigenvalue weighted by Gasteiger charge is -2.52. The van der Waals surface area contributed by atoms with Gasteiger partial charge in [0.2, 0.25) is 0 Å². The number of carbonyl (C=O) groups is 2. The molecule has 1 aliphatic heterocycles. The summed E-state index contributed by atoms with van der Waals surface area (Å²) in [5.74, 6) is 0.393. The molecule has 4 rings (SSSR count). The fraction of sp³-hybridized carbons (Fsp3) is 0.619. The molecule has 3 fully saturated rings. The second-order valence-corrected chi connectivity index (χ2v) is 8.94. The quantitative estimate of drug-likeness (QED) is 0.902. The number of aliphatic carboxylic acids is 1. The molecule has 26 heavy (non-hydrogen) atoms. The van der Waals surface area contributed by atoms with Gasteiger partial charge in [0.25, 0.3) is 5.91 Å². The Labute approximate surface area is 154 Å². The lowest BCUT2D eigenvalue weighted by atomic mass is 9.81. The predicted octanol–water partition coefficient (Wildman–Crippen LogP) is 3.12. The van der Waals surface area contributed by atoms with E-state index in [1.165, 1.54) is 19.3 Å². The van der Waals surface area contributed by atoms with Gasteiger partial charge >= 0.3 is 5.97 Å². The van der Waals surface area contributed by atoms with Crippen LogP contribution in [-0.4, -0.2) is 46.2 Å². The lowest BCUT2D eigenvalue weighted by Crippen LogP contribution is -2.62. The van der Waals surface area contributed by atoms with E-state index < -0.39 is 5.97 Å². The summed E-state index contributed by atoms with van der Waals surface area (Å²) in [5.41, 5.74) is 0.668. The Balaban J connectivity index is 1.58. The third-order valence-corrected chi connectivity index (χ3v) is 6.25. The number of amides is 1. The maximum Gasteiger partial charge on any atom is 0.307 e. The van der Waals surface area contributed by atoms with E-state index >= 15 is 0 Å². The number of hydrogen-bond acceptors (Lipinski definition) is 3. The van der Waals surface area contributed by atoms with Crippen molar-refractivity contribution in [2.45, 2.75) is 57.2 Å². The zero-order valence-electron chi connectivity index (χ0n) is 15.5. The molecule has 0 unspecified atom stereocenters. The van der Waals surface area contributed by atoms with Crippen LogP contribution in [-0.2, 0) is 16.0 Å². The summed E-state index contributed by atoms with van der Waals surface area (Å²) >= 11 is 0. The van der Waals surface area contributed by atoms with Gasteiger partial charge in [-0.05, 0) is 69.1 Å². The molecular formula is C21H27NO4. The largest absolute Gasteiger partial charge is 0.481 e. The van der Waals surface area contributed by atoms with E-state index in [4.69, 9.17) is 9.84 Å². The zero-order chi connectivity index (χ0) is 18.5. The van der Waals surface area contributed by atoms with Crippen molar-refractivity contribution in [2.24, 2.45) is 11.8 Å². The molecule has 1 saturated heterocycles. The smallest absolute Gasteiger partial charge is 0.307 e. The Hall–Kier alpha value is -1.88. The highest BCUT2D eigenvalue weighted by Gasteiger charge is 2.57. The molecule has 1 heterocycles. The van der Waals surface area contributed by atoms with Gasteiger partial charge in [-0.15, -0.1) is 0 Å². The second-order valence-electron chi connectivity index (χ2n) is 8.94. The van der Waals surface area contributed by atoms with Crippen LogP contribution < -0.4 is 0 Å². The normalized spacial score (nSPS) is 32.2. The van der Waals surface area contributed by atoms with Gasteiger partial charge in [0.05, 0.1) is 24.2 Å². The molecule has 5 heteroatoms. The van der Waals surface area contributed by atoms with E-state index in [0.717, 1.165) is 12.3 Å². The molecule has 2 aliphatic carbocycles. The summed E-state index contributed by atoms with van der Waals surface area (Å²) in [5, 5.41) is 9.00. The Morgan fingerprint density at radius 3 is 2.73 bits per heavy atom. The number of nitrogens with zero attached hydrogens (tertiary/aromatic N) is 1. The van der Waals surface area contributed by atoms with Crippen molar-refractivity contribution in [3.63, 3.8) is 0 Å². The van der Waals surface area contributed by atoms with Gasteiger partial charge in [-0.25, -0.2) is 0 Å². The van der Waals surface area contributed by atoms with Gasteiger partial charge in [0.15, 0.2) is 0 Å². The van der Waals surface area contributed by atoms with Crippen molar-refractivity contribution in [1.82, 2.24) is 4.90 Å². The van der Waals surface area contributed by atoms with Crippen LogP contribution in [0.25, 0.3) is 0 Å². The van der Waals surface area contributed by atoms with E-state index in [9.17, 15) is 9.59 Å². The van der Waals surface area contributed by atoms with Crippen LogP contribution in [0.15, 0.2) is 24.3 Å². The second kappa shape index (κ2) is 6.08. The van der Waals surface area contributed by atoms with E-state index in [1.807, 2.05) is 4.90 Å². The van der Waals surface area contributed by atoms with Crippen molar-refractivity contribution in [2.75, 3.05) is 13.1 Å². The fourth-order valence-corrected chi connectivity index (χ4v) is 5.48. The summed E-state index contributed by atoms with van der Waals surface area (Å²) < 4.78 is 6.58. The number of hydrogen-bond donors (Lipinski definition) is 1. The van der Waals surface area contributed by atoms with Gasteiger partial charge in [-0.1, -0.05) is 12.1 Å². The van der Waals surface area contributed by atoms with Crippen LogP contribution in [0.4, 0.5) is 0 Å². The number of carbonyl (C=O) groups excluding carboxylic acids is 1. The Bertz CT molecular complexity index is 743. The minimum absolute atomic E-state index is 0.0178. The van der Waals surface area contributed by atoms with Crippen LogP contribution in [0.1, 0.15) is 55.5 Å². The fourth-order valence-electron chi connectivity index (χ4n) is 5.48. The third-order valence-electron chi connectivity index (χ3n) is 6.25. The highest BCUT2D eigenvalue weighted by molar-refractivity contribution is 5.94. The molecule has 1 N–H and O–H groups in total. The zero-order valence-corrected chi connectivity index (χ0v) is 15.5. The summed E-state index contributed by atoms with van der Waals surface area (Å²) in [6, 6.07) is 7.02. The van der Waals surface area contributed by atoms with E-state index in [-0.39, 0.29) is 23.5 Å². The highest BCUT2D eigenvalue weighted by Crippen LogP contribution is 2.55. The van der Waals surface area contributed by atoms with Gasteiger partial charge in [-0.3, -0.25) is 9.59 Å². The first kappa shape index (κ1) is 17.5. The van der Waals surface area contributed by atoms with Crippen molar-refractivity contribution >= 4 is 11.9 Å². The van der Waals surface area contributed by atoms with Gasteiger partial charge in [0.1, 0.15) is 0 Å². The maximum absolute atomic E-state index is 13.2. The Kier molecular flexibility index (Phi) is 4.10. The first-order valence-electron chi connectivity index (χ1n) is 9.57. The number of benzene rings is 1. The molecule has 3 atom stereocenters. The first-order chi connectivity index (χ1) is 12.3. The molecule has 2 saturated carbocycles. The molecule has 1 spiro atoms.